The van der Waals surface area contributed by atoms with Crippen LogP contribution in [0.1, 0.15) is 64.9 Å². The first kappa shape index (κ1) is 44.4. The number of amides is 1. The summed E-state index contributed by atoms with van der Waals surface area (Å²) >= 11 is 0. The summed E-state index contributed by atoms with van der Waals surface area (Å²) in [6.45, 7) is 6.14. The first-order chi connectivity index (χ1) is 26.3. The van der Waals surface area contributed by atoms with Crippen molar-refractivity contribution in [2.24, 2.45) is 11.8 Å². The monoisotopic (exact) mass is 770 g/mol. The maximum absolute atomic E-state index is 14.0. The largest absolute Gasteiger partial charge is 0.459 e. The smallest absolute Gasteiger partial charge is 0.305 e. The minimum absolute atomic E-state index is 0.0165. The number of hydrogen-bond donors (Lipinski definition) is 4. The normalized spacial score (nSPS) is 33.5. The van der Waals surface area contributed by atoms with Crippen LogP contribution in [0.15, 0.2) is 42.6 Å². The second-order valence-corrected chi connectivity index (χ2v) is 15.3. The van der Waals surface area contributed by atoms with Crippen molar-refractivity contribution in [2.45, 2.75) is 120 Å². The van der Waals surface area contributed by atoms with Gasteiger partial charge in [0.2, 0.25) is 5.91 Å². The van der Waals surface area contributed by atoms with E-state index >= 15 is 0 Å². The molecule has 0 bridgehead atoms. The molecule has 1 aromatic heterocycles. The first-order valence-corrected chi connectivity index (χ1v) is 19.4. The van der Waals surface area contributed by atoms with Gasteiger partial charge in [0.05, 0.1) is 42.4 Å². The van der Waals surface area contributed by atoms with Crippen LogP contribution in [0.25, 0.3) is 17.0 Å². The van der Waals surface area contributed by atoms with E-state index in [-0.39, 0.29) is 37.1 Å². The summed E-state index contributed by atoms with van der Waals surface area (Å²) in [6.07, 6.45) is -0.758. The van der Waals surface area contributed by atoms with E-state index in [0.717, 1.165) is 22.8 Å². The van der Waals surface area contributed by atoms with E-state index in [0.29, 0.717) is 32.4 Å². The number of aliphatic hydroxyl groups is 3. The van der Waals surface area contributed by atoms with Gasteiger partial charge in [-0.25, -0.2) is 0 Å². The van der Waals surface area contributed by atoms with E-state index in [2.05, 4.69) is 10.3 Å². The zero-order valence-corrected chi connectivity index (χ0v) is 33.3. The molecular formula is C41H62N4O10. The molecule has 14 heteroatoms. The molecule has 0 spiro atoms. The molecule has 2 aromatic rings. The second-order valence-electron chi connectivity index (χ2n) is 15.3. The lowest BCUT2D eigenvalue weighted by molar-refractivity contribution is -0.309. The average Bonchev–Trinajstić information content (AvgIpc) is 3.15. The summed E-state index contributed by atoms with van der Waals surface area (Å²) in [5.74, 6) is -1.87. The van der Waals surface area contributed by atoms with E-state index in [1.807, 2.05) is 61.4 Å². The summed E-state index contributed by atoms with van der Waals surface area (Å²) in [4.78, 5) is 47.3. The quantitative estimate of drug-likeness (QED) is 0.194. The number of methoxy groups -OCH3 is 1. The Morgan fingerprint density at radius 2 is 1.85 bits per heavy atom. The Balaban J connectivity index is 1.70. The molecule has 4 N–H and O–H groups in total. The molecule has 4 rings (SSSR count). The van der Waals surface area contributed by atoms with Crippen LogP contribution in [-0.2, 0) is 33.3 Å². The number of benzene rings is 1. The number of rotatable bonds is 11. The van der Waals surface area contributed by atoms with Crippen molar-refractivity contribution in [3.05, 3.63) is 48.2 Å². The van der Waals surface area contributed by atoms with Gasteiger partial charge in [0.15, 0.2) is 6.29 Å². The average molecular weight is 771 g/mol. The van der Waals surface area contributed by atoms with Gasteiger partial charge in [-0.15, -0.1) is 0 Å². The van der Waals surface area contributed by atoms with E-state index in [1.165, 1.54) is 7.11 Å². The summed E-state index contributed by atoms with van der Waals surface area (Å²) in [5.41, 5.74) is 1.88. The van der Waals surface area contributed by atoms with Gasteiger partial charge in [0.25, 0.3) is 0 Å². The van der Waals surface area contributed by atoms with Crippen molar-refractivity contribution >= 4 is 35.1 Å². The lowest BCUT2D eigenvalue weighted by atomic mass is 9.82. The van der Waals surface area contributed by atoms with Gasteiger partial charge in [-0.1, -0.05) is 44.2 Å². The Hall–Kier alpha value is -3.34. The molecule has 1 amide bonds. The van der Waals surface area contributed by atoms with Crippen LogP contribution in [0.2, 0.25) is 0 Å². The number of hydrogen-bond acceptors (Lipinski definition) is 13. The Morgan fingerprint density at radius 3 is 2.55 bits per heavy atom. The SMILES string of the molecule is CCC(=O)O[C@@H]1CC(=O)NC(CC=Cc2ccnc3ccccc23)CCN(C)C[C@H](O)[C@H](C)C[C@H](CC=O)[C@H](O[C@@H]2OC(C)[C@@H](O)C(N(C)C)C2O)[C@H]1OC. The van der Waals surface area contributed by atoms with Gasteiger partial charge >= 0.3 is 5.97 Å². The number of fused-ring (bicyclic) bond motifs is 1. The molecule has 2 aliphatic rings. The predicted molar refractivity (Wildman–Crippen MR) is 208 cm³/mol. The van der Waals surface area contributed by atoms with Gasteiger partial charge in [-0.2, -0.15) is 0 Å². The number of ether oxygens (including phenoxy) is 4. The number of carbonyl (C=O) groups excluding carboxylic acids is 3. The zero-order valence-electron chi connectivity index (χ0n) is 33.3. The Labute approximate surface area is 325 Å². The van der Waals surface area contributed by atoms with Crippen molar-refractivity contribution in [2.75, 3.05) is 41.3 Å². The molecule has 55 heavy (non-hydrogen) atoms. The highest BCUT2D eigenvalue weighted by atomic mass is 16.7. The molecule has 12 atom stereocenters. The number of β-amino-alcohol motifs (C(OH)–C–C–N with tert-alkyl or cyclic N) is 1. The fourth-order valence-electron chi connectivity index (χ4n) is 7.75. The molecule has 14 nitrogen and oxygen atoms in total. The number of aromatic nitrogens is 1. The summed E-state index contributed by atoms with van der Waals surface area (Å²) in [6, 6.07) is 8.77. The van der Waals surface area contributed by atoms with Crippen LogP contribution >= 0.6 is 0 Å². The Bertz CT molecular complexity index is 1550. The molecule has 0 aliphatic carbocycles. The van der Waals surface area contributed by atoms with Crippen LogP contribution in [0.3, 0.4) is 0 Å². The minimum Gasteiger partial charge on any atom is -0.459 e. The van der Waals surface area contributed by atoms with E-state index < -0.39 is 66.9 Å². The minimum atomic E-state index is -1.32. The molecule has 4 unspecified atom stereocenters. The second kappa shape index (κ2) is 21.3. The maximum Gasteiger partial charge on any atom is 0.305 e. The third kappa shape index (κ3) is 12.1. The Morgan fingerprint density at radius 1 is 1.11 bits per heavy atom. The third-order valence-corrected chi connectivity index (χ3v) is 10.9. The standard InChI is InChI=1S/C41H62N4O10/c1-8-35(49)54-33-23-34(48)43-29(13-11-12-27-16-19-42-31-15-10-9-14-30(27)31)17-20-45(6)24-32(47)25(2)22-28(18-21-46)39(40(33)52-7)55-41-38(51)36(44(4)5)37(50)26(3)53-41/h9-12,14-16,19,21,25-26,28-29,32-33,36-41,47,50-51H,8,13,17-18,20,22-24H2,1-7H3,(H,43,48)/t25-,26?,28+,29?,32+,33-,36?,37-,38?,39+,40+,41+/m1/s1. The summed E-state index contributed by atoms with van der Waals surface area (Å²) < 4.78 is 24.6. The van der Waals surface area contributed by atoms with Gasteiger partial charge in [-0.3, -0.25) is 14.6 Å². The summed E-state index contributed by atoms with van der Waals surface area (Å²) in [7, 11) is 6.79. The number of likely N-dealkylation sites (N-methyl/N-ethyl adjacent to an activating group) is 2. The number of pyridine rings is 1. The van der Waals surface area contributed by atoms with Gasteiger partial charge in [-0.05, 0) is 83.4 Å². The fourth-order valence-corrected chi connectivity index (χ4v) is 7.75. The number of aldehydes is 1. The number of nitrogens with one attached hydrogen (secondary N) is 1. The fraction of sp³-hybridized carbons (Fsp3) is 0.659. The van der Waals surface area contributed by atoms with Crippen LogP contribution in [0.5, 0.6) is 0 Å². The molecule has 0 radical (unpaired) electrons. The predicted octanol–water partition coefficient (Wildman–Crippen LogP) is 2.56. The van der Waals surface area contributed by atoms with Crippen molar-refractivity contribution in [3.8, 4) is 0 Å². The maximum atomic E-state index is 14.0. The molecule has 2 saturated heterocycles. The zero-order chi connectivity index (χ0) is 40.2. The molecule has 2 aliphatic heterocycles. The van der Waals surface area contributed by atoms with Gasteiger partial charge < -0.3 is 54.2 Å². The molecule has 1 aromatic carbocycles. The number of nitrogens with zero attached hydrogens (tertiary/aromatic N) is 3. The number of aliphatic hydroxyl groups excluding tert-OH is 3. The molecule has 306 valence electrons. The molecule has 2 fully saturated rings. The van der Waals surface area contributed by atoms with Crippen LogP contribution in [0.4, 0.5) is 0 Å². The van der Waals surface area contributed by atoms with Crippen LogP contribution < -0.4 is 5.32 Å². The highest BCUT2D eigenvalue weighted by Gasteiger charge is 2.48. The number of esters is 1. The first-order valence-electron chi connectivity index (χ1n) is 19.4. The third-order valence-electron chi connectivity index (χ3n) is 10.9. The number of carbonyl (C=O) groups is 3. The van der Waals surface area contributed by atoms with Crippen LogP contribution in [-0.4, -0.2) is 151 Å². The lowest BCUT2D eigenvalue weighted by Gasteiger charge is -2.47. The van der Waals surface area contributed by atoms with E-state index in [1.54, 1.807) is 39.0 Å². The lowest BCUT2D eigenvalue weighted by Crippen LogP contribution is -2.63. The van der Waals surface area contributed by atoms with Gasteiger partial charge in [0.1, 0.15) is 24.6 Å². The highest BCUT2D eigenvalue weighted by molar-refractivity contribution is 5.87. The number of para-hydroxylation sites is 1. The van der Waals surface area contributed by atoms with E-state index in [4.69, 9.17) is 18.9 Å². The molecule has 0 saturated carbocycles. The van der Waals surface area contributed by atoms with Gasteiger partial charge in [0, 0.05) is 44.1 Å². The summed E-state index contributed by atoms with van der Waals surface area (Å²) in [5, 5.41) is 38.0. The topological polar surface area (TPSA) is 180 Å². The molecular weight excluding hydrogens is 708 g/mol. The van der Waals surface area contributed by atoms with Crippen molar-refractivity contribution < 1.29 is 48.7 Å². The highest BCUT2D eigenvalue weighted by Crippen LogP contribution is 2.34. The van der Waals surface area contributed by atoms with Crippen molar-refractivity contribution in [3.63, 3.8) is 0 Å². The van der Waals surface area contributed by atoms with E-state index in [9.17, 15) is 29.7 Å². The van der Waals surface area contributed by atoms with Crippen LogP contribution in [0, 0.1) is 11.8 Å². The van der Waals surface area contributed by atoms with Crippen molar-refractivity contribution in [1.82, 2.24) is 20.1 Å². The van der Waals surface area contributed by atoms with Crippen molar-refractivity contribution in [1.29, 1.82) is 0 Å². The Kier molecular flexibility index (Phi) is 17.2. The molecule has 3 heterocycles.